The van der Waals surface area contributed by atoms with Crippen LogP contribution in [0, 0.1) is 5.92 Å². The number of carbonyl (C=O) groups is 1. The molecule has 0 radical (unpaired) electrons. The van der Waals surface area contributed by atoms with Gasteiger partial charge in [-0.1, -0.05) is 38.1 Å². The van der Waals surface area contributed by atoms with E-state index in [1.165, 1.54) is 5.56 Å². The van der Waals surface area contributed by atoms with Gasteiger partial charge in [-0.15, -0.1) is 0 Å². The minimum atomic E-state index is -2.30. The molecule has 128 valence electrons. The normalized spacial score (nSPS) is 16.3. The summed E-state index contributed by atoms with van der Waals surface area (Å²) < 4.78 is 24.7. The highest BCUT2D eigenvalue weighted by Gasteiger charge is 2.22. The van der Waals surface area contributed by atoms with Gasteiger partial charge in [0.05, 0.1) is 13.0 Å². The van der Waals surface area contributed by atoms with Gasteiger partial charge in [-0.2, -0.15) is 0 Å². The lowest BCUT2D eigenvalue weighted by Crippen LogP contribution is -2.50. The van der Waals surface area contributed by atoms with Crippen molar-refractivity contribution in [1.82, 2.24) is 9.80 Å². The van der Waals surface area contributed by atoms with Crippen LogP contribution in [0.5, 0.6) is 0 Å². The van der Waals surface area contributed by atoms with E-state index in [1.807, 2.05) is 12.1 Å². The molecule has 1 fully saturated rings. The van der Waals surface area contributed by atoms with Crippen molar-refractivity contribution in [2.75, 3.05) is 32.7 Å². The number of piperazine rings is 1. The second-order valence-corrected chi connectivity index (χ2v) is 6.66. The molecule has 0 bridgehead atoms. The van der Waals surface area contributed by atoms with Crippen LogP contribution in [0.2, 0.25) is 0 Å². The van der Waals surface area contributed by atoms with Crippen molar-refractivity contribution in [1.29, 1.82) is 0 Å². The van der Waals surface area contributed by atoms with Crippen molar-refractivity contribution in [2.45, 2.75) is 33.1 Å². The number of hydrogen-bond acceptors (Lipinski definition) is 2. The molecule has 5 heteroatoms. The maximum absolute atomic E-state index is 12.4. The zero-order chi connectivity index (χ0) is 16.8. The van der Waals surface area contributed by atoms with Crippen molar-refractivity contribution in [2.24, 2.45) is 5.92 Å². The zero-order valence-corrected chi connectivity index (χ0v) is 14.0. The third-order valence-electron chi connectivity index (χ3n) is 4.14. The molecular weight excluding hydrogens is 298 g/mol. The molecule has 0 saturated carbocycles. The van der Waals surface area contributed by atoms with Crippen LogP contribution in [0.25, 0.3) is 0 Å². The molecule has 0 aliphatic carbocycles. The smallest absolute Gasteiger partial charge is 0.251 e. The van der Waals surface area contributed by atoms with Crippen LogP contribution in [-0.4, -0.2) is 54.9 Å². The lowest BCUT2D eigenvalue weighted by atomic mass is 10.0. The minimum absolute atomic E-state index is 0.0818. The second-order valence-electron chi connectivity index (χ2n) is 6.66. The molecule has 1 aliphatic heterocycles. The average Bonchev–Trinajstić information content (AvgIpc) is 2.49. The highest BCUT2D eigenvalue weighted by atomic mass is 19.3. The Balaban J connectivity index is 1.81. The predicted molar refractivity (Wildman–Crippen MR) is 87.7 cm³/mol. The summed E-state index contributed by atoms with van der Waals surface area (Å²) >= 11 is 0. The molecule has 1 aromatic rings. The van der Waals surface area contributed by atoms with E-state index in [0.717, 1.165) is 12.0 Å². The quantitative estimate of drug-likeness (QED) is 0.803. The summed E-state index contributed by atoms with van der Waals surface area (Å²) in [6.45, 7) is 6.32. The number of rotatable bonds is 6. The van der Waals surface area contributed by atoms with Crippen molar-refractivity contribution in [3.63, 3.8) is 0 Å². The van der Waals surface area contributed by atoms with Crippen molar-refractivity contribution in [3.8, 4) is 0 Å². The largest absolute Gasteiger partial charge is 0.340 e. The Morgan fingerprint density at radius 1 is 1.04 bits per heavy atom. The molecule has 0 spiro atoms. The minimum Gasteiger partial charge on any atom is -0.340 e. The highest BCUT2D eigenvalue weighted by Crippen LogP contribution is 2.12. The maximum Gasteiger partial charge on any atom is 0.251 e. The highest BCUT2D eigenvalue weighted by molar-refractivity contribution is 5.78. The van der Waals surface area contributed by atoms with Crippen LogP contribution in [0.4, 0.5) is 8.78 Å². The Morgan fingerprint density at radius 3 is 2.13 bits per heavy atom. The number of amides is 1. The molecule has 1 aromatic carbocycles. The third-order valence-corrected chi connectivity index (χ3v) is 4.14. The lowest BCUT2D eigenvalue weighted by molar-refractivity contribution is -0.132. The first kappa shape index (κ1) is 17.9. The van der Waals surface area contributed by atoms with E-state index in [9.17, 15) is 13.6 Å². The standard InChI is InChI=1S/C18H26F2N2O/c1-14(2)11-15-3-5-16(6-4-15)12-18(23)22-9-7-21(8-10-22)13-17(19)20/h3-6,14,17H,7-13H2,1-2H3. The summed E-state index contributed by atoms with van der Waals surface area (Å²) in [5.41, 5.74) is 2.30. The molecule has 2 rings (SSSR count). The topological polar surface area (TPSA) is 23.6 Å². The number of hydrogen-bond donors (Lipinski definition) is 0. The fourth-order valence-corrected chi connectivity index (χ4v) is 2.93. The lowest BCUT2D eigenvalue weighted by Gasteiger charge is -2.34. The van der Waals surface area contributed by atoms with E-state index in [-0.39, 0.29) is 12.5 Å². The van der Waals surface area contributed by atoms with Gasteiger partial charge in [-0.05, 0) is 23.5 Å². The fraction of sp³-hybridized carbons (Fsp3) is 0.611. The first-order valence-corrected chi connectivity index (χ1v) is 8.30. The van der Waals surface area contributed by atoms with Gasteiger partial charge in [0.1, 0.15) is 0 Å². The molecule has 1 amide bonds. The van der Waals surface area contributed by atoms with E-state index < -0.39 is 6.43 Å². The zero-order valence-electron chi connectivity index (χ0n) is 14.0. The third kappa shape index (κ3) is 5.90. The summed E-state index contributed by atoms with van der Waals surface area (Å²) in [5.74, 6) is 0.699. The van der Waals surface area contributed by atoms with Crippen molar-refractivity contribution >= 4 is 5.91 Å². The van der Waals surface area contributed by atoms with Crippen LogP contribution in [-0.2, 0) is 17.6 Å². The molecule has 3 nitrogen and oxygen atoms in total. The number of nitrogens with zero attached hydrogens (tertiary/aromatic N) is 2. The maximum atomic E-state index is 12.4. The van der Waals surface area contributed by atoms with Crippen molar-refractivity contribution < 1.29 is 13.6 Å². The Bertz CT molecular complexity index is 494. The number of alkyl halides is 2. The Hall–Kier alpha value is -1.49. The first-order chi connectivity index (χ1) is 10.9. The second kappa shape index (κ2) is 8.39. The van der Waals surface area contributed by atoms with Crippen LogP contribution in [0.1, 0.15) is 25.0 Å². The number of benzene rings is 1. The molecule has 0 unspecified atom stereocenters. The molecule has 0 N–H and O–H groups in total. The van der Waals surface area contributed by atoms with E-state index in [0.29, 0.717) is 38.5 Å². The van der Waals surface area contributed by atoms with Gasteiger partial charge in [-0.3, -0.25) is 9.69 Å². The van der Waals surface area contributed by atoms with Gasteiger partial charge in [0.15, 0.2) is 0 Å². The van der Waals surface area contributed by atoms with E-state index in [4.69, 9.17) is 0 Å². The average molecular weight is 324 g/mol. The first-order valence-electron chi connectivity index (χ1n) is 8.30. The van der Waals surface area contributed by atoms with Crippen LogP contribution >= 0.6 is 0 Å². The van der Waals surface area contributed by atoms with E-state index >= 15 is 0 Å². The Morgan fingerprint density at radius 2 is 1.61 bits per heavy atom. The van der Waals surface area contributed by atoms with E-state index in [1.54, 1.807) is 9.80 Å². The van der Waals surface area contributed by atoms with Gasteiger partial charge in [0, 0.05) is 26.2 Å². The molecule has 0 aromatic heterocycles. The van der Waals surface area contributed by atoms with Crippen LogP contribution < -0.4 is 0 Å². The molecular formula is C18H26F2N2O. The molecule has 23 heavy (non-hydrogen) atoms. The predicted octanol–water partition coefficient (Wildman–Crippen LogP) is 2.84. The Labute approximate surface area is 137 Å². The summed E-state index contributed by atoms with van der Waals surface area (Å²) in [7, 11) is 0. The molecule has 1 heterocycles. The van der Waals surface area contributed by atoms with Gasteiger partial charge in [-0.25, -0.2) is 8.78 Å². The van der Waals surface area contributed by atoms with Gasteiger partial charge in [0.25, 0.3) is 6.43 Å². The Kier molecular flexibility index (Phi) is 6.51. The molecule has 0 atom stereocenters. The molecule has 1 saturated heterocycles. The van der Waals surface area contributed by atoms with Crippen LogP contribution in [0.15, 0.2) is 24.3 Å². The van der Waals surface area contributed by atoms with E-state index in [2.05, 4.69) is 26.0 Å². The van der Waals surface area contributed by atoms with Gasteiger partial charge in [0.2, 0.25) is 5.91 Å². The molecule has 1 aliphatic rings. The SMILES string of the molecule is CC(C)Cc1ccc(CC(=O)N2CCN(CC(F)F)CC2)cc1. The van der Waals surface area contributed by atoms with Crippen molar-refractivity contribution in [3.05, 3.63) is 35.4 Å². The number of carbonyl (C=O) groups excluding carboxylic acids is 1. The van der Waals surface area contributed by atoms with Gasteiger partial charge >= 0.3 is 0 Å². The fourth-order valence-electron chi connectivity index (χ4n) is 2.93. The number of halogens is 2. The summed E-state index contributed by atoms with van der Waals surface area (Å²) in [4.78, 5) is 15.8. The summed E-state index contributed by atoms with van der Waals surface area (Å²) in [5, 5.41) is 0. The summed E-state index contributed by atoms with van der Waals surface area (Å²) in [6, 6.07) is 8.21. The van der Waals surface area contributed by atoms with Crippen LogP contribution in [0.3, 0.4) is 0 Å². The van der Waals surface area contributed by atoms with Gasteiger partial charge < -0.3 is 4.90 Å². The monoisotopic (exact) mass is 324 g/mol. The summed E-state index contributed by atoms with van der Waals surface area (Å²) in [6.07, 6.45) is -0.876.